The molecule has 0 atom stereocenters. The topological polar surface area (TPSA) is 85.1 Å². The highest BCUT2D eigenvalue weighted by molar-refractivity contribution is 6.20. The van der Waals surface area contributed by atoms with Gasteiger partial charge in [-0.15, -0.1) is 0 Å². The number of pyridine rings is 5. The van der Waals surface area contributed by atoms with E-state index in [-0.39, 0.29) is 34.1 Å². The van der Waals surface area contributed by atoms with Gasteiger partial charge < -0.3 is 22.1 Å². The fourth-order valence-electron chi connectivity index (χ4n) is 21.4. The molecule has 0 bridgehead atoms. The number of nitrogens with zero attached hydrogens (tertiary/aromatic N) is 5. The van der Waals surface area contributed by atoms with Gasteiger partial charge in [-0.25, -0.2) is 22.8 Å². The van der Waals surface area contributed by atoms with E-state index in [1.54, 1.807) is 72.9 Å². The van der Waals surface area contributed by atoms with Gasteiger partial charge in [0.25, 0.3) is 0 Å². The number of aromatic nitrogens is 5. The van der Waals surface area contributed by atoms with Crippen molar-refractivity contribution in [2.24, 2.45) is 47.1 Å². The first kappa shape index (κ1) is 71.7. The fraction of sp³-hybridized carbons (Fsp3) is 0.205. The second-order valence-electron chi connectivity index (χ2n) is 38.9. The Labute approximate surface area is 856 Å². The molecule has 26 rings (SSSR count). The molecule has 10 aromatic heterocycles. The first-order valence-corrected chi connectivity index (χ1v) is 48.6. The minimum atomic E-state index is -2.33. The molecule has 10 heterocycles. The molecule has 1 fully saturated rings. The number of hydrogen-bond acceptors (Lipinski definition) is 5. The molecule has 142 heavy (non-hydrogen) atoms. The smallest absolute Gasteiger partial charge is 0.216 e. The van der Waals surface area contributed by atoms with E-state index in [0.29, 0.717) is 66.3 Å². The highest BCUT2D eigenvalue weighted by Gasteiger charge is 2.31. The monoisotopic (exact) mass is 1880 g/mol. The van der Waals surface area contributed by atoms with Gasteiger partial charge in [0.2, 0.25) is 28.5 Å². The Morgan fingerprint density at radius 2 is 0.613 bits per heavy atom. The van der Waals surface area contributed by atoms with Crippen LogP contribution in [0.1, 0.15) is 143 Å². The fourth-order valence-corrected chi connectivity index (χ4v) is 21.4. The van der Waals surface area contributed by atoms with Crippen molar-refractivity contribution in [1.29, 1.82) is 0 Å². The van der Waals surface area contributed by atoms with Crippen molar-refractivity contribution >= 4 is 164 Å². The van der Waals surface area contributed by atoms with Crippen molar-refractivity contribution in [2.45, 2.75) is 135 Å². The summed E-state index contributed by atoms with van der Waals surface area (Å²) in [6, 6.07) is 92.0. The third-order valence-corrected chi connectivity index (χ3v) is 28.5. The molecule has 0 saturated heterocycles. The van der Waals surface area contributed by atoms with Crippen LogP contribution in [0.5, 0.6) is 0 Å². The molecule has 25 aromatic rings. The molecule has 1 aliphatic carbocycles. The SMILES string of the molecule is [2H]C([2H])([2H])c1c[n+](C)c(-c2c(C)cc(C([2H])([2H])[2H])c3c2oc2cc4ccccc4cc23)cc1C.[2H]C([2H])([2H])c1cc(C)c(-c2cc(C)cc[n+]2C)c2oc3cc4ccccc4cc3c12.[2H]C([2H])([2H])c1ccc(-c2c(C)cc(C([2H])([2H])[2H])c3c2oc2cc4ccccc4cc23)[n+](C)c1.[2H]C([2H])(c1cc[n+](C)c(-c2c(C)ccc3c2oc2cc4ccccc4cc23)c1)C(C)C.[2H]C([2H])(c1cc[n+](C)c(-c2c(C)ccc3c2oc2cc4ccccc4cc23)c1)C1CCCC1. The van der Waals surface area contributed by atoms with E-state index in [0.717, 1.165) is 219 Å². The van der Waals surface area contributed by atoms with E-state index in [1.807, 2.05) is 229 Å². The van der Waals surface area contributed by atoms with Crippen LogP contribution >= 0.6 is 0 Å². The first-order valence-electron chi connectivity index (χ1n) is 58.1. The van der Waals surface area contributed by atoms with Crippen molar-refractivity contribution < 1.29 is 71.0 Å². The van der Waals surface area contributed by atoms with Gasteiger partial charge in [0.1, 0.15) is 91.1 Å². The number of aryl methyl sites for hydroxylation is 17. The second-order valence-corrected chi connectivity index (χ2v) is 38.9. The average Bonchev–Trinajstić information content (AvgIpc) is 1.59. The molecular weight excluding hydrogens is 1740 g/mol. The summed E-state index contributed by atoms with van der Waals surface area (Å²) < 4.78 is 197. The largest absolute Gasteiger partial charge is 0.455 e. The van der Waals surface area contributed by atoms with Gasteiger partial charge in [-0.05, 0) is 295 Å². The molecular formula is C132H122N5O5+5. The van der Waals surface area contributed by atoms with Crippen LogP contribution in [-0.4, -0.2) is 0 Å². The van der Waals surface area contributed by atoms with E-state index in [9.17, 15) is 0 Å². The van der Waals surface area contributed by atoms with E-state index < -0.39 is 47.0 Å². The highest BCUT2D eigenvalue weighted by atomic mass is 16.3. The zero-order valence-corrected chi connectivity index (χ0v) is 82.2. The Hall–Kier alpha value is -15.7. The van der Waals surface area contributed by atoms with E-state index in [2.05, 4.69) is 128 Å². The van der Waals surface area contributed by atoms with Crippen LogP contribution in [0.15, 0.2) is 332 Å². The Morgan fingerprint density at radius 3 is 1.01 bits per heavy atom. The lowest BCUT2D eigenvalue weighted by Crippen LogP contribution is -2.31. The van der Waals surface area contributed by atoms with Crippen molar-refractivity contribution in [3.63, 3.8) is 0 Å². The van der Waals surface area contributed by atoms with Crippen LogP contribution in [0, 0.1) is 94.6 Å². The third-order valence-electron chi connectivity index (χ3n) is 28.5. The predicted octanol–water partition coefficient (Wildman–Crippen LogP) is 32.8. The molecule has 1 saturated carbocycles. The van der Waals surface area contributed by atoms with Gasteiger partial charge in [-0.1, -0.05) is 203 Å². The molecule has 0 amide bonds. The summed E-state index contributed by atoms with van der Waals surface area (Å²) in [7, 11) is 9.60. The average molecular weight is 1880 g/mol. The number of rotatable bonds is 9. The maximum Gasteiger partial charge on any atom is 0.216 e. The molecule has 0 spiro atoms. The highest BCUT2D eigenvalue weighted by Crippen LogP contribution is 2.48. The summed E-state index contributed by atoms with van der Waals surface area (Å²) in [5, 5.41) is 19.4. The van der Waals surface area contributed by atoms with E-state index in [1.165, 1.54) is 16.2 Å². The molecule has 700 valence electrons. The Bertz CT molecular complexity index is 10300. The summed E-state index contributed by atoms with van der Waals surface area (Å²) in [4.78, 5) is 0. The summed E-state index contributed by atoms with van der Waals surface area (Å²) in [6.07, 6.45) is 10.6. The third kappa shape index (κ3) is 16.7. The second kappa shape index (κ2) is 36.8. The molecule has 0 N–H and O–H groups in total. The van der Waals surface area contributed by atoms with Gasteiger partial charge in [-0.2, -0.15) is 0 Å². The Balaban J connectivity index is 0.000000112. The lowest BCUT2D eigenvalue weighted by atomic mass is 9.95. The predicted molar refractivity (Wildman–Crippen MR) is 590 cm³/mol. The molecule has 10 heteroatoms. The molecule has 15 aromatic carbocycles. The normalized spacial score (nSPS) is 15.1. The van der Waals surface area contributed by atoms with Gasteiger partial charge in [0.15, 0.2) is 31.0 Å². The summed E-state index contributed by atoms with van der Waals surface area (Å²) in [6.45, 7) is 6.20. The summed E-state index contributed by atoms with van der Waals surface area (Å²) in [5.74, 6) is -0.0304. The molecule has 1 aliphatic rings. The molecule has 0 aliphatic heterocycles. The van der Waals surface area contributed by atoms with Gasteiger partial charge in [0.05, 0.1) is 27.8 Å². The lowest BCUT2D eigenvalue weighted by molar-refractivity contribution is -0.660. The number of furan rings is 5. The van der Waals surface area contributed by atoms with Gasteiger partial charge >= 0.3 is 0 Å². The van der Waals surface area contributed by atoms with Crippen LogP contribution in [0.3, 0.4) is 0 Å². The zero-order chi connectivity index (χ0) is 114. The number of benzene rings is 15. The molecule has 0 unspecified atom stereocenters. The Morgan fingerprint density at radius 1 is 0.275 bits per heavy atom. The lowest BCUT2D eigenvalue weighted by Gasteiger charge is -2.10. The molecule has 10 nitrogen and oxygen atoms in total. The summed E-state index contributed by atoms with van der Waals surface area (Å²) >= 11 is 0. The number of fused-ring (bicyclic) bond motifs is 20. The summed E-state index contributed by atoms with van der Waals surface area (Å²) in [5.41, 5.74) is 25.1. The van der Waals surface area contributed by atoms with Gasteiger partial charge in [-0.3, -0.25) is 0 Å². The van der Waals surface area contributed by atoms with E-state index >= 15 is 0 Å². The maximum atomic E-state index is 8.92. The Kier molecular flexibility index (Phi) is 18.6. The quantitative estimate of drug-likeness (QED) is 0.134. The van der Waals surface area contributed by atoms with Crippen LogP contribution in [0.2, 0.25) is 0 Å². The number of hydrogen-bond donors (Lipinski definition) is 0. The minimum absolute atomic E-state index is 0.0913. The van der Waals surface area contributed by atoms with Gasteiger partial charge in [0, 0.05) is 140 Å². The van der Waals surface area contributed by atoms with Crippen molar-refractivity contribution in [3.05, 3.63) is 388 Å². The maximum absolute atomic E-state index is 8.92. The van der Waals surface area contributed by atoms with Crippen LogP contribution in [0.25, 0.3) is 220 Å². The van der Waals surface area contributed by atoms with Crippen LogP contribution in [-0.2, 0) is 48.0 Å². The van der Waals surface area contributed by atoms with Crippen LogP contribution in [0.4, 0.5) is 0 Å². The molecule has 0 radical (unpaired) electrons. The van der Waals surface area contributed by atoms with Crippen molar-refractivity contribution in [3.8, 4) is 56.3 Å². The zero-order valence-electron chi connectivity index (χ0n) is 101. The van der Waals surface area contributed by atoms with Crippen molar-refractivity contribution in [1.82, 2.24) is 0 Å². The standard InChI is InChI=1S/C29H28NO.C27H26NO.C26H24NO.2C25H22NO/c1-19-11-12-24-25-17-22-9-5-6-10-23(22)18-27(25)31-29(24)28(19)26-16-21(13-14-30(26)2)15-20-7-3-4-8-20;1-17(2)13-19-11-12-28(4)24(14-19)26-18(3)9-10-22-23-15-20-7-5-6-8-21(20)16-25(23)29-27(22)26;1-15-11-22(27(5)14-18(15)4)25-17(3)10-16(2)24-21-12-19-8-6-7-9-20(19)13-23(21)28-26(24)25;1-15-9-10-21(26(4)14-15)24-17(3)11-16(2)23-20-12-18-7-5-6-8-19(18)13-22(20)27-25(23)24;1-15-9-10-26(4)21(11-15)24-17(3)12-16(2)23-20-13-18-7-5-6-8-19(18)14-22(20)27-25(23)24/h5-6,9-14,16-18,20H,3-4,7-8,15H2,1-2H3;5-12,14-17H,13H2,1-4H3;6-14H,1-5H3;2*5-14H,1-4H3/q5*+1/i15D2;13D2;2D3,4D3;1D3,2D3;2D3. The minimum Gasteiger partial charge on any atom is -0.455 e. The van der Waals surface area contributed by atoms with E-state index in [4.69, 9.17) is 48.1 Å². The van der Waals surface area contributed by atoms with Crippen LogP contribution < -0.4 is 22.8 Å². The van der Waals surface area contributed by atoms with Crippen molar-refractivity contribution in [2.75, 3.05) is 0 Å². The first-order chi connectivity index (χ1) is 76.2.